The van der Waals surface area contributed by atoms with Gasteiger partial charge in [-0.25, -0.2) is 9.78 Å². The summed E-state index contributed by atoms with van der Waals surface area (Å²) in [6.45, 7) is 15.3. The lowest BCUT2D eigenvalue weighted by Gasteiger charge is -2.29. The predicted molar refractivity (Wildman–Crippen MR) is 171 cm³/mol. The average Bonchev–Trinajstić information content (AvgIpc) is 3.33. The summed E-state index contributed by atoms with van der Waals surface area (Å²) in [5.41, 5.74) is 6.92. The highest BCUT2D eigenvalue weighted by molar-refractivity contribution is 5.78. The normalized spacial score (nSPS) is 14.0. The maximum Gasteiger partial charge on any atom is 0.410 e. The van der Waals surface area contributed by atoms with Crippen LogP contribution in [-0.2, 0) is 10.3 Å². The summed E-state index contributed by atoms with van der Waals surface area (Å²) in [6, 6.07) is 25.1. The number of aryl methyl sites for hydroxylation is 1. The molecule has 0 saturated heterocycles. The Balaban J connectivity index is 1.45. The largest absolute Gasteiger partial charge is 0.444 e. The first-order valence-electron chi connectivity index (χ1n) is 14.6. The molecule has 0 bridgehead atoms. The number of benzene rings is 2. The lowest BCUT2D eigenvalue weighted by atomic mass is 9.96. The Hall–Kier alpha value is -4.39. The Morgan fingerprint density at radius 3 is 2.19 bits per heavy atom. The maximum atomic E-state index is 12.5. The lowest BCUT2D eigenvalue weighted by molar-refractivity contribution is 0.0270. The molecule has 1 N–H and O–H groups in total. The molecule has 0 fully saturated rings. The molecule has 0 aliphatic carbocycles. The van der Waals surface area contributed by atoms with E-state index in [0.29, 0.717) is 13.1 Å². The number of aromatic nitrogens is 3. The van der Waals surface area contributed by atoms with E-state index in [-0.39, 0.29) is 11.6 Å². The number of rotatable bonds is 5. The molecule has 7 heteroatoms. The molecule has 218 valence electrons. The van der Waals surface area contributed by atoms with Crippen LogP contribution in [0.2, 0.25) is 0 Å². The second-order valence-corrected chi connectivity index (χ2v) is 12.9. The molecule has 5 rings (SSSR count). The second kappa shape index (κ2) is 11.5. The molecule has 42 heavy (non-hydrogen) atoms. The first-order chi connectivity index (χ1) is 19.9. The summed E-state index contributed by atoms with van der Waals surface area (Å²) in [6.07, 6.45) is 2.63. The third-order valence-electron chi connectivity index (χ3n) is 7.10. The van der Waals surface area contributed by atoms with E-state index in [2.05, 4.69) is 93.7 Å². The lowest BCUT2D eigenvalue weighted by Crippen LogP contribution is -2.39. The quantitative estimate of drug-likeness (QED) is 0.264. The highest BCUT2D eigenvalue weighted by atomic mass is 16.6. The molecule has 1 aliphatic heterocycles. The molecular formula is C35H41N5O2. The fourth-order valence-electron chi connectivity index (χ4n) is 5.19. The van der Waals surface area contributed by atoms with E-state index in [1.807, 2.05) is 43.7 Å². The van der Waals surface area contributed by atoms with E-state index in [1.54, 1.807) is 4.90 Å². The summed E-state index contributed by atoms with van der Waals surface area (Å²) in [4.78, 5) is 19.3. The first-order valence-corrected chi connectivity index (χ1v) is 14.6. The monoisotopic (exact) mass is 563 g/mol. The minimum atomic E-state index is -0.504. The van der Waals surface area contributed by atoms with Crippen molar-refractivity contribution in [2.45, 2.75) is 66.0 Å². The van der Waals surface area contributed by atoms with Gasteiger partial charge in [0.25, 0.3) is 0 Å². The van der Waals surface area contributed by atoms with Gasteiger partial charge in [0.05, 0.1) is 11.2 Å². The van der Waals surface area contributed by atoms with Gasteiger partial charge in [0.2, 0.25) is 0 Å². The van der Waals surface area contributed by atoms with Gasteiger partial charge in [0.1, 0.15) is 11.4 Å². The Labute approximate surface area is 249 Å². The first kappa shape index (κ1) is 29.1. The van der Waals surface area contributed by atoms with Crippen molar-refractivity contribution < 1.29 is 9.53 Å². The maximum absolute atomic E-state index is 12.5. The molecule has 4 aromatic rings. The number of hydrogen-bond donors (Lipinski definition) is 1. The smallest absolute Gasteiger partial charge is 0.410 e. The molecule has 2 aromatic heterocycles. The van der Waals surface area contributed by atoms with Crippen LogP contribution in [0.4, 0.5) is 16.4 Å². The predicted octanol–water partition coefficient (Wildman–Crippen LogP) is 8.44. The van der Waals surface area contributed by atoms with E-state index >= 15 is 0 Å². The van der Waals surface area contributed by atoms with Crippen molar-refractivity contribution in [3.8, 4) is 22.4 Å². The average molecular weight is 564 g/mol. The van der Waals surface area contributed by atoms with Gasteiger partial charge in [0.15, 0.2) is 5.82 Å². The molecule has 0 spiro atoms. The number of anilines is 2. The number of carbonyl (C=O) groups is 1. The zero-order valence-corrected chi connectivity index (χ0v) is 25.7. The van der Waals surface area contributed by atoms with Crippen LogP contribution >= 0.6 is 0 Å². The molecule has 0 unspecified atom stereocenters. The molecular weight excluding hydrogens is 522 g/mol. The van der Waals surface area contributed by atoms with Gasteiger partial charge >= 0.3 is 6.09 Å². The topological polar surface area (TPSA) is 72.3 Å². The molecule has 7 nitrogen and oxygen atoms in total. The highest BCUT2D eigenvalue weighted by Gasteiger charge is 2.24. The van der Waals surface area contributed by atoms with Gasteiger partial charge in [0, 0.05) is 30.4 Å². The highest BCUT2D eigenvalue weighted by Crippen LogP contribution is 2.32. The van der Waals surface area contributed by atoms with Crippen LogP contribution in [0.15, 0.2) is 78.9 Å². The SMILES string of the molecule is Cc1cc(Nc2cc(-c3ccccc3)cc(-c3cccc(C4=CCN(C(=O)OC(C)(C)C)CC4)c3)n2)nn1C(C)(C)C. The zero-order chi connectivity index (χ0) is 30.1. The summed E-state index contributed by atoms with van der Waals surface area (Å²) < 4.78 is 7.59. The van der Waals surface area contributed by atoms with Gasteiger partial charge < -0.3 is 15.0 Å². The minimum Gasteiger partial charge on any atom is -0.444 e. The molecule has 2 aromatic carbocycles. The fourth-order valence-corrected chi connectivity index (χ4v) is 5.19. The van der Waals surface area contributed by atoms with Crippen molar-refractivity contribution in [3.63, 3.8) is 0 Å². The molecule has 0 saturated carbocycles. The van der Waals surface area contributed by atoms with Gasteiger partial charge in [-0.05, 0) is 95.3 Å². The minimum absolute atomic E-state index is 0.118. The summed E-state index contributed by atoms with van der Waals surface area (Å²) in [5.74, 6) is 1.50. The van der Waals surface area contributed by atoms with Gasteiger partial charge in [-0.2, -0.15) is 5.10 Å². The fraction of sp³-hybridized carbons (Fsp3) is 0.343. The van der Waals surface area contributed by atoms with Gasteiger partial charge in [-0.3, -0.25) is 4.68 Å². The van der Waals surface area contributed by atoms with Crippen molar-refractivity contribution in [2.24, 2.45) is 0 Å². The van der Waals surface area contributed by atoms with Crippen LogP contribution in [-0.4, -0.2) is 44.4 Å². The third kappa shape index (κ3) is 6.90. The van der Waals surface area contributed by atoms with E-state index in [1.165, 1.54) is 5.57 Å². The Kier molecular flexibility index (Phi) is 7.95. The van der Waals surface area contributed by atoms with Crippen LogP contribution < -0.4 is 5.32 Å². The number of hydrogen-bond acceptors (Lipinski definition) is 5. The summed E-state index contributed by atoms with van der Waals surface area (Å²) in [7, 11) is 0. The third-order valence-corrected chi connectivity index (χ3v) is 7.10. The van der Waals surface area contributed by atoms with Crippen LogP contribution in [0, 0.1) is 6.92 Å². The molecule has 0 radical (unpaired) electrons. The number of nitrogens with one attached hydrogen (secondary N) is 1. The van der Waals surface area contributed by atoms with Gasteiger partial charge in [-0.15, -0.1) is 0 Å². The van der Waals surface area contributed by atoms with Crippen LogP contribution in [0.5, 0.6) is 0 Å². The second-order valence-electron chi connectivity index (χ2n) is 12.9. The number of ether oxygens (including phenoxy) is 1. The molecule has 3 heterocycles. The van der Waals surface area contributed by atoms with E-state index in [0.717, 1.165) is 51.7 Å². The van der Waals surface area contributed by atoms with Crippen LogP contribution in [0.3, 0.4) is 0 Å². The van der Waals surface area contributed by atoms with Crippen molar-refractivity contribution in [1.29, 1.82) is 0 Å². The standard InChI is InChI=1S/C35H41N5O2/c1-24-20-32(38-40(24)34(2,3)4)37-31-23-29(25-12-9-8-10-13-25)22-30(36-31)28-15-11-14-27(21-28)26-16-18-39(19-17-26)33(41)42-35(5,6)7/h8-16,20-23H,17-19H2,1-7H3,(H,36,37,38). The Bertz CT molecular complexity index is 1610. The molecule has 1 aliphatic rings. The van der Waals surface area contributed by atoms with Gasteiger partial charge in [-0.1, -0.05) is 54.6 Å². The molecule has 0 atom stereocenters. The number of amides is 1. The number of carbonyl (C=O) groups excluding carboxylic acids is 1. The van der Waals surface area contributed by atoms with E-state index < -0.39 is 5.60 Å². The van der Waals surface area contributed by atoms with E-state index in [4.69, 9.17) is 14.8 Å². The number of pyridine rings is 1. The molecule has 1 amide bonds. The van der Waals surface area contributed by atoms with Crippen molar-refractivity contribution in [1.82, 2.24) is 19.7 Å². The Morgan fingerprint density at radius 2 is 1.55 bits per heavy atom. The number of nitrogens with zero attached hydrogens (tertiary/aromatic N) is 4. The zero-order valence-electron chi connectivity index (χ0n) is 25.7. The van der Waals surface area contributed by atoms with Crippen molar-refractivity contribution in [2.75, 3.05) is 18.4 Å². The van der Waals surface area contributed by atoms with Crippen LogP contribution in [0.1, 0.15) is 59.2 Å². The van der Waals surface area contributed by atoms with Crippen LogP contribution in [0.25, 0.3) is 28.0 Å². The summed E-state index contributed by atoms with van der Waals surface area (Å²) >= 11 is 0. The van der Waals surface area contributed by atoms with Crippen molar-refractivity contribution in [3.05, 3.63) is 90.1 Å². The van der Waals surface area contributed by atoms with Crippen molar-refractivity contribution >= 4 is 23.3 Å². The summed E-state index contributed by atoms with van der Waals surface area (Å²) in [5, 5.41) is 8.28. The Morgan fingerprint density at radius 1 is 0.833 bits per heavy atom. The van der Waals surface area contributed by atoms with E-state index in [9.17, 15) is 4.79 Å².